The summed E-state index contributed by atoms with van der Waals surface area (Å²) in [5.41, 5.74) is -0.574. The van der Waals surface area contributed by atoms with Crippen LogP contribution in [0.1, 0.15) is 13.8 Å². The zero-order chi connectivity index (χ0) is 13.1. The zero-order valence-electron chi connectivity index (χ0n) is 9.68. The number of hydrogen-bond acceptors (Lipinski definition) is 4. The second-order valence-electron chi connectivity index (χ2n) is 4.60. The average molecular weight is 279 g/mol. The number of halogens is 1. The minimum atomic E-state index is -3.52. The average Bonchev–Trinajstić information content (AvgIpc) is 2.11. The summed E-state index contributed by atoms with van der Waals surface area (Å²) in [4.78, 5) is 3.86. The monoisotopic (exact) mass is 278 g/mol. The van der Waals surface area contributed by atoms with Gasteiger partial charge in [-0.15, -0.1) is 0 Å². The number of pyridine rings is 1. The van der Waals surface area contributed by atoms with Gasteiger partial charge in [-0.2, -0.15) is 0 Å². The van der Waals surface area contributed by atoms with Crippen LogP contribution in [0.3, 0.4) is 0 Å². The molecular formula is C10H15ClN2O3S. The Bertz CT molecular complexity index is 488. The lowest BCUT2D eigenvalue weighted by molar-refractivity contribution is 0.199. The molecule has 0 aliphatic carbocycles. The molecule has 5 nitrogen and oxygen atoms in total. The van der Waals surface area contributed by atoms with Gasteiger partial charge in [-0.1, -0.05) is 25.4 Å². The maximum atomic E-state index is 11.0. The molecule has 2 N–H and O–H groups in total. The van der Waals surface area contributed by atoms with Gasteiger partial charge in [0.25, 0.3) is 0 Å². The van der Waals surface area contributed by atoms with Crippen LogP contribution >= 0.6 is 11.6 Å². The van der Waals surface area contributed by atoms with Gasteiger partial charge in [-0.25, -0.2) is 13.6 Å². The molecule has 0 bridgehead atoms. The molecule has 0 fully saturated rings. The highest BCUT2D eigenvalue weighted by Gasteiger charge is 2.25. The van der Waals surface area contributed by atoms with Crippen LogP contribution in [-0.4, -0.2) is 25.8 Å². The Balaban J connectivity index is 2.61. The van der Waals surface area contributed by atoms with Crippen molar-refractivity contribution in [1.29, 1.82) is 0 Å². The van der Waals surface area contributed by atoms with E-state index in [4.69, 9.17) is 21.5 Å². The summed E-state index contributed by atoms with van der Waals surface area (Å²) >= 11 is 5.74. The third-order valence-corrected chi connectivity index (χ3v) is 3.29. The van der Waals surface area contributed by atoms with E-state index in [1.165, 1.54) is 12.4 Å². The van der Waals surface area contributed by atoms with Gasteiger partial charge in [0, 0.05) is 17.7 Å². The summed E-state index contributed by atoms with van der Waals surface area (Å²) in [6.45, 7) is 3.73. The van der Waals surface area contributed by atoms with E-state index in [0.717, 1.165) is 0 Å². The molecule has 1 heterocycles. The highest BCUT2D eigenvalue weighted by atomic mass is 35.5. The fourth-order valence-electron chi connectivity index (χ4n) is 1.34. The number of sulfonamides is 1. The van der Waals surface area contributed by atoms with Crippen LogP contribution in [0, 0.1) is 5.41 Å². The van der Waals surface area contributed by atoms with Gasteiger partial charge in [0.1, 0.15) is 5.75 Å². The zero-order valence-corrected chi connectivity index (χ0v) is 11.3. The molecule has 7 heteroatoms. The van der Waals surface area contributed by atoms with Crippen molar-refractivity contribution < 1.29 is 13.2 Å². The summed E-state index contributed by atoms with van der Waals surface area (Å²) < 4.78 is 27.4. The Labute approximate surface area is 106 Å². The Kier molecular flexibility index (Phi) is 4.35. The second-order valence-corrected chi connectivity index (χ2v) is 6.65. The van der Waals surface area contributed by atoms with Crippen molar-refractivity contribution in [3.63, 3.8) is 0 Å². The van der Waals surface area contributed by atoms with Crippen LogP contribution in [0.5, 0.6) is 5.75 Å². The lowest BCUT2D eigenvalue weighted by Crippen LogP contribution is -2.33. The third kappa shape index (κ3) is 5.86. The SMILES string of the molecule is CC(C)(COc1cncc(Cl)c1)CS(N)(=O)=O. The lowest BCUT2D eigenvalue weighted by Gasteiger charge is -2.23. The number of primary sulfonamides is 1. The van der Waals surface area contributed by atoms with Crippen LogP contribution in [0.4, 0.5) is 0 Å². The predicted octanol–water partition coefficient (Wildman–Crippen LogP) is 1.43. The molecule has 0 aliphatic heterocycles. The first-order valence-electron chi connectivity index (χ1n) is 4.92. The minimum Gasteiger partial charge on any atom is -0.491 e. The molecule has 0 spiro atoms. The fraction of sp³-hybridized carbons (Fsp3) is 0.500. The van der Waals surface area contributed by atoms with E-state index in [2.05, 4.69) is 4.98 Å². The second kappa shape index (κ2) is 5.20. The first-order valence-corrected chi connectivity index (χ1v) is 7.01. The summed E-state index contributed by atoms with van der Waals surface area (Å²) in [6, 6.07) is 1.61. The van der Waals surface area contributed by atoms with Crippen molar-refractivity contribution in [2.24, 2.45) is 10.6 Å². The maximum absolute atomic E-state index is 11.0. The van der Waals surface area contributed by atoms with Gasteiger partial charge in [0.15, 0.2) is 0 Å². The van der Waals surface area contributed by atoms with Crippen LogP contribution in [-0.2, 0) is 10.0 Å². The van der Waals surface area contributed by atoms with E-state index in [9.17, 15) is 8.42 Å². The van der Waals surface area contributed by atoms with Crippen molar-refractivity contribution in [3.05, 3.63) is 23.5 Å². The van der Waals surface area contributed by atoms with Crippen LogP contribution in [0.25, 0.3) is 0 Å². The van der Waals surface area contributed by atoms with Gasteiger partial charge in [0.05, 0.1) is 23.6 Å². The van der Waals surface area contributed by atoms with E-state index in [1.54, 1.807) is 19.9 Å². The summed E-state index contributed by atoms with van der Waals surface area (Å²) in [6.07, 6.45) is 3.00. The van der Waals surface area contributed by atoms with Gasteiger partial charge >= 0.3 is 0 Å². The summed E-state index contributed by atoms with van der Waals surface area (Å²) in [5, 5.41) is 5.46. The molecular weight excluding hydrogens is 264 g/mol. The first kappa shape index (κ1) is 14.2. The quantitative estimate of drug-likeness (QED) is 0.883. The summed E-state index contributed by atoms with van der Waals surface area (Å²) in [7, 11) is -3.52. The Hall–Kier alpha value is -0.850. The third-order valence-electron chi connectivity index (χ3n) is 1.90. The maximum Gasteiger partial charge on any atom is 0.209 e. The minimum absolute atomic E-state index is 0.145. The molecule has 0 aliphatic rings. The Morgan fingerprint density at radius 1 is 1.47 bits per heavy atom. The predicted molar refractivity (Wildman–Crippen MR) is 66.5 cm³/mol. The molecule has 1 aromatic heterocycles. The molecule has 1 aromatic rings. The molecule has 1 rings (SSSR count). The molecule has 0 radical (unpaired) electrons. The van der Waals surface area contributed by atoms with Crippen LogP contribution in [0.2, 0.25) is 5.02 Å². The fourth-order valence-corrected chi connectivity index (χ4v) is 2.67. The molecule has 0 aromatic carbocycles. The number of ether oxygens (including phenoxy) is 1. The number of nitrogens with zero attached hydrogens (tertiary/aromatic N) is 1. The highest BCUT2D eigenvalue weighted by Crippen LogP contribution is 2.21. The van der Waals surface area contributed by atoms with Crippen molar-refractivity contribution >= 4 is 21.6 Å². The Morgan fingerprint density at radius 3 is 2.65 bits per heavy atom. The highest BCUT2D eigenvalue weighted by molar-refractivity contribution is 7.89. The molecule has 0 unspecified atom stereocenters. The van der Waals surface area contributed by atoms with Crippen molar-refractivity contribution in [3.8, 4) is 5.75 Å². The lowest BCUT2D eigenvalue weighted by atomic mass is 9.98. The van der Waals surface area contributed by atoms with Crippen molar-refractivity contribution in [1.82, 2.24) is 4.98 Å². The van der Waals surface area contributed by atoms with Crippen LogP contribution < -0.4 is 9.88 Å². The van der Waals surface area contributed by atoms with E-state index in [0.29, 0.717) is 10.8 Å². The number of rotatable bonds is 5. The first-order chi connectivity index (χ1) is 7.68. The molecule has 0 saturated carbocycles. The standard InChI is InChI=1S/C10H15ClN2O3S/c1-10(2,7-17(12,14)15)6-16-9-3-8(11)4-13-5-9/h3-5H,6-7H2,1-2H3,(H2,12,14,15). The topological polar surface area (TPSA) is 82.3 Å². The number of hydrogen-bond donors (Lipinski definition) is 1. The molecule has 0 atom stereocenters. The normalized spacial score (nSPS) is 12.5. The van der Waals surface area contributed by atoms with Crippen LogP contribution in [0.15, 0.2) is 18.5 Å². The van der Waals surface area contributed by atoms with Gasteiger partial charge in [-0.05, 0) is 0 Å². The van der Waals surface area contributed by atoms with Gasteiger partial charge in [-0.3, -0.25) is 4.98 Å². The van der Waals surface area contributed by atoms with E-state index < -0.39 is 15.4 Å². The summed E-state index contributed by atoms with van der Waals surface area (Å²) in [5.74, 6) is 0.355. The number of nitrogens with two attached hydrogens (primary N) is 1. The molecule has 0 saturated heterocycles. The van der Waals surface area contributed by atoms with E-state index in [1.807, 2.05) is 0 Å². The Morgan fingerprint density at radius 2 is 2.12 bits per heavy atom. The number of aromatic nitrogens is 1. The molecule has 0 amide bonds. The van der Waals surface area contributed by atoms with E-state index >= 15 is 0 Å². The molecule has 96 valence electrons. The molecule has 17 heavy (non-hydrogen) atoms. The van der Waals surface area contributed by atoms with Crippen molar-refractivity contribution in [2.75, 3.05) is 12.4 Å². The van der Waals surface area contributed by atoms with Gasteiger partial charge < -0.3 is 4.74 Å². The van der Waals surface area contributed by atoms with Gasteiger partial charge in [0.2, 0.25) is 10.0 Å². The van der Waals surface area contributed by atoms with E-state index in [-0.39, 0.29) is 12.4 Å². The largest absolute Gasteiger partial charge is 0.491 e. The van der Waals surface area contributed by atoms with Crippen molar-refractivity contribution in [2.45, 2.75) is 13.8 Å². The smallest absolute Gasteiger partial charge is 0.209 e.